The van der Waals surface area contributed by atoms with Crippen molar-refractivity contribution < 1.29 is 9.59 Å². The molecule has 0 saturated carbocycles. The van der Waals surface area contributed by atoms with Crippen molar-refractivity contribution in [2.24, 2.45) is 0 Å². The molecule has 0 bridgehead atoms. The summed E-state index contributed by atoms with van der Waals surface area (Å²) in [6, 6.07) is 13.5. The molecule has 1 saturated heterocycles. The van der Waals surface area contributed by atoms with Crippen LogP contribution in [0.2, 0.25) is 0 Å². The van der Waals surface area contributed by atoms with Gasteiger partial charge in [-0.1, -0.05) is 36.4 Å². The van der Waals surface area contributed by atoms with Gasteiger partial charge in [0.2, 0.25) is 5.91 Å². The van der Waals surface area contributed by atoms with Crippen LogP contribution in [0.5, 0.6) is 0 Å². The molecule has 6 heteroatoms. The van der Waals surface area contributed by atoms with Gasteiger partial charge in [0.1, 0.15) is 5.03 Å². The lowest BCUT2D eigenvalue weighted by Crippen LogP contribution is -2.34. The van der Waals surface area contributed by atoms with Gasteiger partial charge in [0, 0.05) is 37.1 Å². The number of nitrogens with zero attached hydrogens (tertiary/aromatic N) is 2. The van der Waals surface area contributed by atoms with Gasteiger partial charge in [-0.25, -0.2) is 4.98 Å². The third-order valence-electron chi connectivity index (χ3n) is 4.54. The Hall–Kier alpha value is -2.34. The maximum Gasteiger partial charge on any atom is 0.254 e. The Labute approximate surface area is 164 Å². The molecule has 2 heterocycles. The molecule has 3 rings (SSSR count). The second kappa shape index (κ2) is 10.1. The molecule has 0 unspecified atom stereocenters. The van der Waals surface area contributed by atoms with E-state index in [1.807, 2.05) is 35.2 Å². The minimum atomic E-state index is -0.122. The summed E-state index contributed by atoms with van der Waals surface area (Å²) in [5.41, 5.74) is 0.581. The summed E-state index contributed by atoms with van der Waals surface area (Å²) in [6.07, 6.45) is 6.32. The summed E-state index contributed by atoms with van der Waals surface area (Å²) in [5, 5.41) is 3.66. The van der Waals surface area contributed by atoms with Crippen molar-refractivity contribution in [1.29, 1.82) is 0 Å². The summed E-state index contributed by atoms with van der Waals surface area (Å²) in [5.74, 6) is 0.122. The summed E-state index contributed by atoms with van der Waals surface area (Å²) in [4.78, 5) is 31.9. The number of benzene rings is 1. The fourth-order valence-corrected chi connectivity index (χ4v) is 3.99. The predicted octanol–water partition coefficient (Wildman–Crippen LogP) is 3.76. The van der Waals surface area contributed by atoms with Crippen LogP contribution in [0.3, 0.4) is 0 Å². The van der Waals surface area contributed by atoms with Gasteiger partial charge in [-0.3, -0.25) is 9.59 Å². The zero-order valence-corrected chi connectivity index (χ0v) is 16.2. The van der Waals surface area contributed by atoms with Gasteiger partial charge < -0.3 is 10.2 Å². The number of hydrogen-bond donors (Lipinski definition) is 1. The molecule has 5 nitrogen and oxygen atoms in total. The average Bonchev–Trinajstić information content (AvgIpc) is 2.90. The Morgan fingerprint density at radius 1 is 1.11 bits per heavy atom. The van der Waals surface area contributed by atoms with E-state index >= 15 is 0 Å². The molecule has 0 radical (unpaired) electrons. The van der Waals surface area contributed by atoms with Crippen LogP contribution in [0.15, 0.2) is 58.6 Å². The van der Waals surface area contributed by atoms with Crippen molar-refractivity contribution in [2.75, 3.05) is 19.6 Å². The van der Waals surface area contributed by atoms with Gasteiger partial charge in [-0.2, -0.15) is 0 Å². The van der Waals surface area contributed by atoms with E-state index in [4.69, 9.17) is 0 Å². The molecule has 1 fully saturated rings. The highest BCUT2D eigenvalue weighted by Gasteiger charge is 2.16. The molecule has 0 aliphatic carbocycles. The van der Waals surface area contributed by atoms with Crippen LogP contribution in [0.25, 0.3) is 0 Å². The first kappa shape index (κ1) is 19.4. The molecule has 1 N–H and O–H groups in total. The third kappa shape index (κ3) is 5.82. The second-order valence-corrected chi connectivity index (χ2v) is 7.63. The number of aromatic nitrogens is 1. The summed E-state index contributed by atoms with van der Waals surface area (Å²) < 4.78 is 0. The van der Waals surface area contributed by atoms with E-state index in [0.29, 0.717) is 30.1 Å². The maximum atomic E-state index is 12.6. The molecular formula is C21H25N3O2S. The molecule has 0 spiro atoms. The lowest BCUT2D eigenvalue weighted by atomic mass is 10.2. The summed E-state index contributed by atoms with van der Waals surface area (Å²) in [7, 11) is 0. The molecule has 27 heavy (non-hydrogen) atoms. The normalized spacial score (nSPS) is 14.7. The molecule has 2 aromatic rings. The summed E-state index contributed by atoms with van der Waals surface area (Å²) in [6.45, 7) is 2.10. The summed E-state index contributed by atoms with van der Waals surface area (Å²) >= 11 is 1.48. The smallest absolute Gasteiger partial charge is 0.254 e. The van der Waals surface area contributed by atoms with Gasteiger partial charge in [-0.15, -0.1) is 0 Å². The number of likely N-dealkylation sites (tertiary alicyclic amines) is 1. The van der Waals surface area contributed by atoms with Crippen molar-refractivity contribution >= 4 is 23.6 Å². The van der Waals surface area contributed by atoms with Crippen LogP contribution < -0.4 is 5.32 Å². The van der Waals surface area contributed by atoms with Crippen molar-refractivity contribution in [2.45, 2.75) is 42.0 Å². The van der Waals surface area contributed by atoms with Crippen LogP contribution in [0.4, 0.5) is 0 Å². The zero-order valence-electron chi connectivity index (χ0n) is 15.4. The number of amides is 2. The first-order valence-electron chi connectivity index (χ1n) is 9.48. The van der Waals surface area contributed by atoms with Crippen LogP contribution >= 0.6 is 11.8 Å². The first-order chi connectivity index (χ1) is 13.2. The molecule has 2 amide bonds. The van der Waals surface area contributed by atoms with E-state index in [0.717, 1.165) is 37.1 Å². The average molecular weight is 384 g/mol. The maximum absolute atomic E-state index is 12.6. The molecule has 1 aliphatic rings. The van der Waals surface area contributed by atoms with E-state index in [-0.39, 0.29) is 11.8 Å². The lowest BCUT2D eigenvalue weighted by Gasteiger charge is -2.20. The van der Waals surface area contributed by atoms with Crippen molar-refractivity contribution in [3.05, 3.63) is 54.2 Å². The Kier molecular flexibility index (Phi) is 7.27. The van der Waals surface area contributed by atoms with E-state index in [1.54, 1.807) is 18.3 Å². The van der Waals surface area contributed by atoms with Crippen LogP contribution in [0.1, 0.15) is 42.5 Å². The topological polar surface area (TPSA) is 62.3 Å². The Balaban J connectivity index is 1.51. The first-order valence-corrected chi connectivity index (χ1v) is 10.3. The van der Waals surface area contributed by atoms with Gasteiger partial charge in [0.15, 0.2) is 0 Å². The quantitative estimate of drug-likeness (QED) is 0.740. The molecular weight excluding hydrogens is 358 g/mol. The van der Waals surface area contributed by atoms with Crippen molar-refractivity contribution in [3.8, 4) is 0 Å². The molecule has 1 aliphatic heterocycles. The largest absolute Gasteiger partial charge is 0.352 e. The van der Waals surface area contributed by atoms with Crippen LogP contribution in [-0.2, 0) is 4.79 Å². The Morgan fingerprint density at radius 2 is 1.96 bits per heavy atom. The number of pyridine rings is 1. The monoisotopic (exact) mass is 383 g/mol. The SMILES string of the molecule is O=C(NCCCN1CCCCCC1=O)c1cccnc1Sc1ccccc1. The van der Waals surface area contributed by atoms with Crippen molar-refractivity contribution in [1.82, 2.24) is 15.2 Å². The van der Waals surface area contributed by atoms with E-state index in [2.05, 4.69) is 10.3 Å². The lowest BCUT2D eigenvalue weighted by molar-refractivity contribution is -0.130. The molecule has 142 valence electrons. The standard InChI is InChI=1S/C21H25N3O2S/c25-19-12-5-2-6-15-24(19)16-8-14-22-20(26)18-11-7-13-23-21(18)27-17-9-3-1-4-10-17/h1,3-4,7,9-11,13H,2,5-6,8,12,14-16H2,(H,22,26). The van der Waals surface area contributed by atoms with Crippen LogP contribution in [-0.4, -0.2) is 41.3 Å². The van der Waals surface area contributed by atoms with Gasteiger partial charge in [-0.05, 0) is 43.5 Å². The minimum Gasteiger partial charge on any atom is -0.352 e. The highest BCUT2D eigenvalue weighted by Crippen LogP contribution is 2.28. The highest BCUT2D eigenvalue weighted by atomic mass is 32.2. The van der Waals surface area contributed by atoms with Gasteiger partial charge in [0.25, 0.3) is 5.91 Å². The molecule has 0 atom stereocenters. The molecule has 1 aromatic carbocycles. The van der Waals surface area contributed by atoms with Gasteiger partial charge in [0.05, 0.1) is 5.56 Å². The number of nitrogens with one attached hydrogen (secondary N) is 1. The van der Waals surface area contributed by atoms with Gasteiger partial charge >= 0.3 is 0 Å². The number of hydrogen-bond acceptors (Lipinski definition) is 4. The molecule has 1 aromatic heterocycles. The van der Waals surface area contributed by atoms with E-state index < -0.39 is 0 Å². The minimum absolute atomic E-state index is 0.122. The third-order valence-corrected chi connectivity index (χ3v) is 5.56. The van der Waals surface area contributed by atoms with E-state index in [9.17, 15) is 9.59 Å². The predicted molar refractivity (Wildman–Crippen MR) is 107 cm³/mol. The van der Waals surface area contributed by atoms with Crippen LogP contribution in [0, 0.1) is 0 Å². The second-order valence-electron chi connectivity index (χ2n) is 6.57. The van der Waals surface area contributed by atoms with E-state index in [1.165, 1.54) is 11.8 Å². The Bertz CT molecular complexity index is 767. The highest BCUT2D eigenvalue weighted by molar-refractivity contribution is 7.99. The number of carbonyl (C=O) groups is 2. The van der Waals surface area contributed by atoms with Crippen molar-refractivity contribution in [3.63, 3.8) is 0 Å². The number of carbonyl (C=O) groups excluding carboxylic acids is 2. The fraction of sp³-hybridized carbons (Fsp3) is 0.381. The Morgan fingerprint density at radius 3 is 2.81 bits per heavy atom. The zero-order chi connectivity index (χ0) is 18.9. The fourth-order valence-electron chi connectivity index (χ4n) is 3.09. The number of rotatable bonds is 7.